The van der Waals surface area contributed by atoms with Gasteiger partial charge in [0.25, 0.3) is 11.5 Å². The summed E-state index contributed by atoms with van der Waals surface area (Å²) in [7, 11) is 0. The number of hydrogen-bond donors (Lipinski definition) is 1. The second-order valence-electron chi connectivity index (χ2n) is 8.96. The molecule has 2 aromatic heterocycles. The Bertz CT molecular complexity index is 985. The molecule has 0 atom stereocenters. The van der Waals surface area contributed by atoms with Crippen LogP contribution in [0.3, 0.4) is 0 Å². The lowest BCUT2D eigenvalue weighted by molar-refractivity contribution is 0.0662. The van der Waals surface area contributed by atoms with Crippen LogP contribution in [0.4, 0.5) is 4.39 Å². The zero-order valence-corrected chi connectivity index (χ0v) is 16.5. The maximum Gasteiger partial charge on any atom is 0.255 e. The molecule has 0 radical (unpaired) electrons. The van der Waals surface area contributed by atoms with Gasteiger partial charge in [-0.3, -0.25) is 14.6 Å². The molecule has 1 saturated heterocycles. The van der Waals surface area contributed by atoms with Crippen LogP contribution in [0.25, 0.3) is 0 Å². The number of hydrogen-bond acceptors (Lipinski definition) is 4. The van der Waals surface area contributed by atoms with Crippen molar-refractivity contribution in [2.45, 2.75) is 57.3 Å². The Labute approximate surface area is 163 Å². The van der Waals surface area contributed by atoms with Crippen LogP contribution in [0.15, 0.2) is 23.3 Å². The summed E-state index contributed by atoms with van der Waals surface area (Å²) in [4.78, 5) is 38.6. The van der Waals surface area contributed by atoms with Gasteiger partial charge in [-0.1, -0.05) is 20.8 Å². The zero-order valence-electron chi connectivity index (χ0n) is 16.5. The average molecular weight is 384 g/mol. The molecule has 7 heteroatoms. The Kier molecular flexibility index (Phi) is 4.36. The third-order valence-corrected chi connectivity index (χ3v) is 6.04. The molecule has 1 spiro atoms. The van der Waals surface area contributed by atoms with Crippen molar-refractivity contribution in [2.75, 3.05) is 13.1 Å². The Hall–Kier alpha value is -2.57. The molecular formula is C21H25FN4O2. The average Bonchev–Trinajstić information content (AvgIpc) is 3.00. The number of nitrogens with one attached hydrogen (secondary N) is 1. The molecule has 1 aliphatic heterocycles. The molecular weight excluding hydrogens is 359 g/mol. The summed E-state index contributed by atoms with van der Waals surface area (Å²) in [6.07, 6.45) is 5.62. The minimum Gasteiger partial charge on any atom is -0.339 e. The molecule has 1 fully saturated rings. The lowest BCUT2D eigenvalue weighted by atomic mass is 9.76. The van der Waals surface area contributed by atoms with E-state index in [0.717, 1.165) is 43.1 Å². The van der Waals surface area contributed by atoms with Gasteiger partial charge in [0.2, 0.25) is 0 Å². The highest BCUT2D eigenvalue weighted by Crippen LogP contribution is 2.44. The van der Waals surface area contributed by atoms with Crippen molar-refractivity contribution in [1.82, 2.24) is 19.9 Å². The van der Waals surface area contributed by atoms with Gasteiger partial charge in [0, 0.05) is 35.7 Å². The number of aromatic amines is 1. The number of halogens is 1. The summed E-state index contributed by atoms with van der Waals surface area (Å²) < 4.78 is 13.4. The van der Waals surface area contributed by atoms with Gasteiger partial charge in [-0.15, -0.1) is 0 Å². The van der Waals surface area contributed by atoms with Crippen LogP contribution in [0, 0.1) is 5.82 Å². The minimum absolute atomic E-state index is 0.0314. The number of fused-ring (bicyclic) bond motifs is 2. The van der Waals surface area contributed by atoms with E-state index >= 15 is 0 Å². The molecule has 0 bridgehead atoms. The summed E-state index contributed by atoms with van der Waals surface area (Å²) in [5.41, 5.74) is 1.56. The molecule has 1 amide bonds. The van der Waals surface area contributed by atoms with Crippen molar-refractivity contribution in [3.05, 3.63) is 57.3 Å². The molecule has 2 aliphatic rings. The predicted molar refractivity (Wildman–Crippen MR) is 103 cm³/mol. The van der Waals surface area contributed by atoms with E-state index in [-0.39, 0.29) is 27.9 Å². The van der Waals surface area contributed by atoms with Crippen LogP contribution in [-0.4, -0.2) is 38.8 Å². The smallest absolute Gasteiger partial charge is 0.255 e. The SMILES string of the molecule is CC(C)(C)c1nc2c(c(=O)[nH]1)CCC21CCN(C(=O)c2cncc(F)c2)CC1. The number of nitrogens with zero attached hydrogens (tertiary/aromatic N) is 3. The summed E-state index contributed by atoms with van der Waals surface area (Å²) in [6.45, 7) is 7.23. The van der Waals surface area contributed by atoms with E-state index in [1.165, 1.54) is 12.3 Å². The highest BCUT2D eigenvalue weighted by molar-refractivity contribution is 5.94. The first-order chi connectivity index (χ1) is 13.2. The van der Waals surface area contributed by atoms with Gasteiger partial charge in [-0.2, -0.15) is 0 Å². The molecule has 2 aromatic rings. The van der Waals surface area contributed by atoms with Gasteiger partial charge in [0.05, 0.1) is 17.5 Å². The van der Waals surface area contributed by atoms with E-state index in [2.05, 4.69) is 9.97 Å². The van der Waals surface area contributed by atoms with Crippen LogP contribution in [-0.2, 0) is 17.3 Å². The molecule has 0 aromatic carbocycles. The van der Waals surface area contributed by atoms with Crippen LogP contribution in [0.2, 0.25) is 0 Å². The van der Waals surface area contributed by atoms with Gasteiger partial charge in [-0.25, -0.2) is 9.37 Å². The molecule has 148 valence electrons. The molecule has 1 N–H and O–H groups in total. The second kappa shape index (κ2) is 6.50. The number of rotatable bonds is 1. The van der Waals surface area contributed by atoms with E-state index in [0.29, 0.717) is 18.9 Å². The Morgan fingerprint density at radius 1 is 1.21 bits per heavy atom. The van der Waals surface area contributed by atoms with Gasteiger partial charge >= 0.3 is 0 Å². The van der Waals surface area contributed by atoms with Crippen LogP contribution in [0.1, 0.15) is 67.5 Å². The molecule has 6 nitrogen and oxygen atoms in total. The van der Waals surface area contributed by atoms with E-state index in [9.17, 15) is 14.0 Å². The Morgan fingerprint density at radius 2 is 1.93 bits per heavy atom. The first-order valence-corrected chi connectivity index (χ1v) is 9.74. The number of carbonyl (C=O) groups is 1. The Balaban J connectivity index is 1.59. The molecule has 3 heterocycles. The number of carbonyl (C=O) groups excluding carboxylic acids is 1. The van der Waals surface area contributed by atoms with Crippen molar-refractivity contribution in [1.29, 1.82) is 0 Å². The molecule has 0 unspecified atom stereocenters. The van der Waals surface area contributed by atoms with Crippen molar-refractivity contribution < 1.29 is 9.18 Å². The van der Waals surface area contributed by atoms with Crippen molar-refractivity contribution in [3.63, 3.8) is 0 Å². The second-order valence-corrected chi connectivity index (χ2v) is 8.96. The van der Waals surface area contributed by atoms with Crippen molar-refractivity contribution in [2.24, 2.45) is 0 Å². The third kappa shape index (κ3) is 3.12. The normalized spacial score (nSPS) is 18.4. The Morgan fingerprint density at radius 3 is 2.57 bits per heavy atom. The van der Waals surface area contributed by atoms with Crippen molar-refractivity contribution >= 4 is 5.91 Å². The maximum absolute atomic E-state index is 13.4. The summed E-state index contributed by atoms with van der Waals surface area (Å²) in [6, 6.07) is 1.22. The first kappa shape index (κ1) is 18.8. The van der Waals surface area contributed by atoms with Crippen LogP contribution < -0.4 is 5.56 Å². The quantitative estimate of drug-likeness (QED) is 0.820. The summed E-state index contributed by atoms with van der Waals surface area (Å²) >= 11 is 0. The van der Waals surface area contributed by atoms with E-state index in [4.69, 9.17) is 4.98 Å². The van der Waals surface area contributed by atoms with Gasteiger partial charge in [0.15, 0.2) is 0 Å². The monoisotopic (exact) mass is 384 g/mol. The van der Waals surface area contributed by atoms with E-state index in [1.54, 1.807) is 4.90 Å². The maximum atomic E-state index is 13.4. The standard InChI is InChI=1S/C21H25FN4O2/c1-20(2,3)19-24-16-15(17(27)25-19)4-5-21(16)6-8-26(9-7-21)18(28)13-10-14(22)12-23-11-13/h10-12H,4-9H2,1-3H3,(H,24,25,27). The molecule has 4 rings (SSSR count). The van der Waals surface area contributed by atoms with E-state index in [1.807, 2.05) is 20.8 Å². The lowest BCUT2D eigenvalue weighted by Crippen LogP contribution is -2.45. The molecule has 0 saturated carbocycles. The predicted octanol–water partition coefficient (Wildman–Crippen LogP) is 2.72. The number of amides is 1. The fourth-order valence-corrected chi connectivity index (χ4v) is 4.34. The topological polar surface area (TPSA) is 79.0 Å². The largest absolute Gasteiger partial charge is 0.339 e. The number of H-pyrrole nitrogens is 1. The van der Waals surface area contributed by atoms with Gasteiger partial charge in [0.1, 0.15) is 11.6 Å². The lowest BCUT2D eigenvalue weighted by Gasteiger charge is -2.39. The minimum atomic E-state index is -0.512. The number of aromatic nitrogens is 3. The van der Waals surface area contributed by atoms with Crippen LogP contribution in [0.5, 0.6) is 0 Å². The van der Waals surface area contributed by atoms with Gasteiger partial charge in [-0.05, 0) is 31.7 Å². The fourth-order valence-electron chi connectivity index (χ4n) is 4.34. The highest BCUT2D eigenvalue weighted by Gasteiger charge is 2.45. The van der Waals surface area contributed by atoms with Crippen LogP contribution >= 0.6 is 0 Å². The number of piperidine rings is 1. The summed E-state index contributed by atoms with van der Waals surface area (Å²) in [5.74, 6) is -0.00151. The zero-order chi connectivity index (χ0) is 20.1. The fraction of sp³-hybridized carbons (Fsp3) is 0.524. The first-order valence-electron chi connectivity index (χ1n) is 9.74. The van der Waals surface area contributed by atoms with E-state index < -0.39 is 5.82 Å². The number of pyridine rings is 1. The number of likely N-dealkylation sites (tertiary alicyclic amines) is 1. The molecule has 1 aliphatic carbocycles. The molecule has 28 heavy (non-hydrogen) atoms. The van der Waals surface area contributed by atoms with Crippen molar-refractivity contribution in [3.8, 4) is 0 Å². The highest BCUT2D eigenvalue weighted by atomic mass is 19.1. The third-order valence-electron chi connectivity index (χ3n) is 6.04. The van der Waals surface area contributed by atoms with Gasteiger partial charge < -0.3 is 9.88 Å². The summed E-state index contributed by atoms with van der Waals surface area (Å²) in [5, 5.41) is 0.